The molecule has 2 bridgehead atoms. The number of hydrogen-bond acceptors (Lipinski definition) is 1. The Kier molecular flexibility index (Phi) is 1.31. The highest BCUT2D eigenvalue weighted by atomic mass is 15.2. The van der Waals surface area contributed by atoms with Gasteiger partial charge in [-0.15, -0.1) is 0 Å². The molecule has 0 spiro atoms. The monoisotopic (exact) mass is 139 g/mol. The molecule has 2 rings (SSSR count). The van der Waals surface area contributed by atoms with Gasteiger partial charge in [0.2, 0.25) is 0 Å². The first-order valence-corrected chi connectivity index (χ1v) is 4.42. The molecule has 1 unspecified atom stereocenters. The molecule has 1 saturated heterocycles. The summed E-state index contributed by atoms with van der Waals surface area (Å²) in [4.78, 5) is 2.57. The molecule has 0 N–H and O–H groups in total. The van der Waals surface area contributed by atoms with Crippen LogP contribution >= 0.6 is 0 Å². The van der Waals surface area contributed by atoms with Gasteiger partial charge in [-0.05, 0) is 38.6 Å². The highest BCUT2D eigenvalue weighted by Crippen LogP contribution is 2.44. The molecule has 0 radical (unpaired) electrons. The van der Waals surface area contributed by atoms with Crippen molar-refractivity contribution in [2.75, 3.05) is 7.05 Å². The van der Waals surface area contributed by atoms with Crippen LogP contribution in [0.4, 0.5) is 0 Å². The minimum atomic E-state index is 0.862. The molecule has 0 aromatic carbocycles. The smallest absolute Gasteiger partial charge is 0.0124 e. The van der Waals surface area contributed by atoms with Crippen molar-refractivity contribution in [2.45, 2.75) is 38.8 Å². The molecule has 1 saturated carbocycles. The van der Waals surface area contributed by atoms with Gasteiger partial charge in [-0.1, -0.05) is 6.92 Å². The summed E-state index contributed by atoms with van der Waals surface area (Å²) in [5.74, 6) is 1.98. The van der Waals surface area contributed by atoms with Crippen molar-refractivity contribution < 1.29 is 0 Å². The van der Waals surface area contributed by atoms with Crippen molar-refractivity contribution in [3.63, 3.8) is 0 Å². The Morgan fingerprint density at radius 3 is 2.30 bits per heavy atom. The Bertz CT molecular complexity index is 142. The van der Waals surface area contributed by atoms with Crippen LogP contribution in [0.5, 0.6) is 0 Å². The second-order valence-electron chi connectivity index (χ2n) is 4.18. The minimum Gasteiger partial charge on any atom is -0.300 e. The third-order valence-corrected chi connectivity index (χ3v) is 3.72. The number of likely N-dealkylation sites (tertiary alicyclic amines) is 1. The van der Waals surface area contributed by atoms with Gasteiger partial charge < -0.3 is 4.90 Å². The normalized spacial score (nSPS) is 54.3. The van der Waals surface area contributed by atoms with Crippen molar-refractivity contribution in [1.82, 2.24) is 4.90 Å². The van der Waals surface area contributed by atoms with Gasteiger partial charge in [0.1, 0.15) is 0 Å². The summed E-state index contributed by atoms with van der Waals surface area (Å²) in [6, 6.07) is 1.78. The van der Waals surface area contributed by atoms with E-state index in [1.54, 1.807) is 0 Å². The lowest BCUT2D eigenvalue weighted by molar-refractivity contribution is 0.146. The fraction of sp³-hybridized carbons (Fsp3) is 1.00. The van der Waals surface area contributed by atoms with E-state index in [9.17, 15) is 0 Å². The molecule has 0 aromatic rings. The summed E-state index contributed by atoms with van der Waals surface area (Å²) in [6.45, 7) is 4.77. The Morgan fingerprint density at radius 1 is 1.20 bits per heavy atom. The molecule has 2 fully saturated rings. The number of piperidine rings is 1. The lowest BCUT2D eigenvalue weighted by Crippen LogP contribution is -2.39. The highest BCUT2D eigenvalue weighted by molar-refractivity contribution is 4.99. The van der Waals surface area contributed by atoms with Crippen LogP contribution in [0.25, 0.3) is 0 Å². The molecule has 58 valence electrons. The summed E-state index contributed by atoms with van der Waals surface area (Å²) in [6.07, 6.45) is 2.95. The van der Waals surface area contributed by atoms with Crippen LogP contribution in [0.15, 0.2) is 0 Å². The van der Waals surface area contributed by atoms with Crippen molar-refractivity contribution in [3.05, 3.63) is 0 Å². The first kappa shape index (κ1) is 6.66. The van der Waals surface area contributed by atoms with Crippen LogP contribution in [0.3, 0.4) is 0 Å². The number of rotatable bonds is 0. The first-order chi connectivity index (χ1) is 4.70. The predicted molar refractivity (Wildman–Crippen MR) is 42.9 cm³/mol. The molecule has 10 heavy (non-hydrogen) atoms. The van der Waals surface area contributed by atoms with Crippen LogP contribution in [-0.2, 0) is 0 Å². The molecular formula is C9H17N. The largest absolute Gasteiger partial charge is 0.300 e. The number of nitrogens with zero attached hydrogens (tertiary/aromatic N) is 1. The van der Waals surface area contributed by atoms with E-state index in [4.69, 9.17) is 0 Å². The van der Waals surface area contributed by atoms with E-state index in [2.05, 4.69) is 25.8 Å². The predicted octanol–water partition coefficient (Wildman–Crippen LogP) is 1.74. The van der Waals surface area contributed by atoms with Gasteiger partial charge in [0, 0.05) is 12.1 Å². The average molecular weight is 139 g/mol. The molecule has 4 atom stereocenters. The lowest BCUT2D eigenvalue weighted by atomic mass is 9.95. The van der Waals surface area contributed by atoms with Crippen molar-refractivity contribution in [2.24, 2.45) is 11.8 Å². The molecule has 0 aromatic heterocycles. The number of hydrogen-bond donors (Lipinski definition) is 0. The fourth-order valence-electron chi connectivity index (χ4n) is 2.87. The summed E-state index contributed by atoms with van der Waals surface area (Å²) >= 11 is 0. The lowest BCUT2D eigenvalue weighted by Gasteiger charge is -2.33. The van der Waals surface area contributed by atoms with Gasteiger partial charge in [-0.3, -0.25) is 0 Å². The van der Waals surface area contributed by atoms with E-state index in [-0.39, 0.29) is 0 Å². The topological polar surface area (TPSA) is 3.24 Å². The third kappa shape index (κ3) is 0.672. The second-order valence-corrected chi connectivity index (χ2v) is 4.18. The van der Waals surface area contributed by atoms with E-state index in [1.807, 2.05) is 0 Å². The van der Waals surface area contributed by atoms with Gasteiger partial charge >= 0.3 is 0 Å². The fourth-order valence-corrected chi connectivity index (χ4v) is 2.87. The summed E-state index contributed by atoms with van der Waals surface area (Å²) in [5.41, 5.74) is 0. The molecule has 1 aliphatic heterocycles. The van der Waals surface area contributed by atoms with Crippen LogP contribution in [-0.4, -0.2) is 24.0 Å². The van der Waals surface area contributed by atoms with Crippen molar-refractivity contribution in [3.8, 4) is 0 Å². The maximum Gasteiger partial charge on any atom is 0.0124 e. The standard InChI is InChI=1S/C9H17N/c1-6-4-8-5-9(6)10(3)7(8)2/h6-9H,4-5H2,1-3H3/t6?,7-,8+,9+/m1/s1. The van der Waals surface area contributed by atoms with Crippen LogP contribution in [0.2, 0.25) is 0 Å². The van der Waals surface area contributed by atoms with Gasteiger partial charge in [0.15, 0.2) is 0 Å². The van der Waals surface area contributed by atoms with Gasteiger partial charge in [-0.25, -0.2) is 0 Å². The molecule has 1 nitrogen and oxygen atoms in total. The van der Waals surface area contributed by atoms with E-state index >= 15 is 0 Å². The minimum absolute atomic E-state index is 0.862. The maximum absolute atomic E-state index is 2.57. The zero-order valence-corrected chi connectivity index (χ0v) is 7.17. The quantitative estimate of drug-likeness (QED) is 0.494. The highest BCUT2D eigenvalue weighted by Gasteiger charge is 2.45. The van der Waals surface area contributed by atoms with Crippen molar-refractivity contribution in [1.29, 1.82) is 0 Å². The Balaban J connectivity index is 2.16. The van der Waals surface area contributed by atoms with E-state index in [1.165, 1.54) is 12.8 Å². The van der Waals surface area contributed by atoms with E-state index < -0.39 is 0 Å². The van der Waals surface area contributed by atoms with E-state index in [0.717, 1.165) is 23.9 Å². The van der Waals surface area contributed by atoms with Gasteiger partial charge in [-0.2, -0.15) is 0 Å². The van der Waals surface area contributed by atoms with Crippen LogP contribution in [0.1, 0.15) is 26.7 Å². The zero-order chi connectivity index (χ0) is 7.30. The molecular weight excluding hydrogens is 122 g/mol. The third-order valence-electron chi connectivity index (χ3n) is 3.72. The Labute approximate surface area is 63.4 Å². The van der Waals surface area contributed by atoms with Crippen LogP contribution in [0, 0.1) is 11.8 Å². The number of fused-ring (bicyclic) bond motifs is 2. The Hall–Kier alpha value is -0.0400. The molecule has 2 aliphatic rings. The molecule has 1 heteroatoms. The molecule has 1 aliphatic carbocycles. The molecule has 1 heterocycles. The van der Waals surface area contributed by atoms with Gasteiger partial charge in [0.25, 0.3) is 0 Å². The summed E-state index contributed by atoms with van der Waals surface area (Å²) in [5, 5.41) is 0. The molecule has 0 amide bonds. The van der Waals surface area contributed by atoms with Crippen molar-refractivity contribution >= 4 is 0 Å². The maximum atomic E-state index is 2.57. The SMILES string of the molecule is CC1C[C@H]2C[C@@H]1N(C)[C@@H]2C. The van der Waals surface area contributed by atoms with Gasteiger partial charge in [0.05, 0.1) is 0 Å². The second kappa shape index (κ2) is 1.97. The first-order valence-electron chi connectivity index (χ1n) is 4.42. The summed E-state index contributed by atoms with van der Waals surface area (Å²) < 4.78 is 0. The van der Waals surface area contributed by atoms with Crippen LogP contribution < -0.4 is 0 Å². The van der Waals surface area contributed by atoms with E-state index in [0.29, 0.717) is 0 Å². The summed E-state index contributed by atoms with van der Waals surface area (Å²) in [7, 11) is 2.28. The average Bonchev–Trinajstić information content (AvgIpc) is 2.36. The zero-order valence-electron chi connectivity index (χ0n) is 7.17. The Morgan fingerprint density at radius 2 is 1.90 bits per heavy atom.